The molecule has 24 heavy (non-hydrogen) atoms. The van der Waals surface area contributed by atoms with E-state index >= 15 is 0 Å². The number of nitrogens with zero attached hydrogens (tertiary/aromatic N) is 1. The van der Waals surface area contributed by atoms with Crippen LogP contribution in [0.15, 0.2) is 81.7 Å². The van der Waals surface area contributed by atoms with Crippen LogP contribution < -0.4 is 0 Å². The molecule has 0 aliphatic rings. The molecule has 0 amide bonds. The van der Waals surface area contributed by atoms with Crippen LogP contribution in [0.5, 0.6) is 0 Å². The van der Waals surface area contributed by atoms with Crippen molar-refractivity contribution in [3.63, 3.8) is 0 Å². The van der Waals surface area contributed by atoms with Crippen LogP contribution in [0, 0.1) is 0 Å². The molecule has 0 aliphatic heterocycles. The van der Waals surface area contributed by atoms with Crippen molar-refractivity contribution in [1.29, 1.82) is 0 Å². The Labute approximate surface area is 146 Å². The normalized spacial score (nSPS) is 11.5. The van der Waals surface area contributed by atoms with Crippen LogP contribution in [0.4, 0.5) is 0 Å². The van der Waals surface area contributed by atoms with E-state index in [1.54, 1.807) is 0 Å². The van der Waals surface area contributed by atoms with E-state index < -0.39 is 0 Å². The van der Waals surface area contributed by atoms with Gasteiger partial charge in [0.05, 0.1) is 0 Å². The fourth-order valence-corrected chi connectivity index (χ4v) is 3.88. The fourth-order valence-electron chi connectivity index (χ4n) is 3.24. The Morgan fingerprint density at radius 1 is 0.792 bits per heavy atom. The van der Waals surface area contributed by atoms with E-state index in [-0.39, 0.29) is 0 Å². The predicted octanol–water partition coefficient (Wildman–Crippen LogP) is 6.56. The molecule has 5 rings (SSSR count). The number of fused-ring (bicyclic) bond motifs is 5. The van der Waals surface area contributed by atoms with Crippen molar-refractivity contribution < 1.29 is 4.42 Å². The summed E-state index contributed by atoms with van der Waals surface area (Å²) in [6.45, 7) is 0. The summed E-state index contributed by atoms with van der Waals surface area (Å²) < 4.78 is 7.04. The second-order valence-corrected chi connectivity index (χ2v) is 6.65. The standard InChI is InChI=1S/C21H12BrNO/c22-17-12-18-20(23-21(24-18)14-7-2-1-3-8-14)16-11-10-13-6-4-5-9-15(13)19(16)17/h1-12H. The molecule has 0 saturated heterocycles. The molecule has 0 radical (unpaired) electrons. The van der Waals surface area contributed by atoms with Crippen LogP contribution in [0.2, 0.25) is 0 Å². The van der Waals surface area contributed by atoms with Gasteiger partial charge < -0.3 is 4.42 Å². The zero-order chi connectivity index (χ0) is 16.1. The van der Waals surface area contributed by atoms with E-state index in [0.717, 1.165) is 26.5 Å². The van der Waals surface area contributed by atoms with Crippen molar-refractivity contribution in [3.8, 4) is 11.5 Å². The Kier molecular flexibility index (Phi) is 2.97. The van der Waals surface area contributed by atoms with Gasteiger partial charge in [0.2, 0.25) is 5.89 Å². The number of rotatable bonds is 1. The molecular weight excluding hydrogens is 362 g/mol. The molecule has 1 aromatic heterocycles. The summed E-state index contributed by atoms with van der Waals surface area (Å²) in [6, 6.07) is 24.7. The zero-order valence-corrected chi connectivity index (χ0v) is 14.2. The summed E-state index contributed by atoms with van der Waals surface area (Å²) in [4.78, 5) is 4.77. The molecule has 0 aliphatic carbocycles. The number of benzene rings is 4. The second kappa shape index (κ2) is 5.18. The third-order valence-corrected chi connectivity index (χ3v) is 4.98. The lowest BCUT2D eigenvalue weighted by atomic mass is 10.0. The van der Waals surface area contributed by atoms with E-state index in [1.165, 1.54) is 16.2 Å². The van der Waals surface area contributed by atoms with Crippen molar-refractivity contribution >= 4 is 48.6 Å². The van der Waals surface area contributed by atoms with Gasteiger partial charge in [-0.2, -0.15) is 0 Å². The quantitative estimate of drug-likeness (QED) is 0.311. The molecule has 0 bridgehead atoms. The van der Waals surface area contributed by atoms with Crippen molar-refractivity contribution in [2.75, 3.05) is 0 Å². The van der Waals surface area contributed by atoms with Crippen molar-refractivity contribution in [3.05, 3.63) is 77.3 Å². The van der Waals surface area contributed by atoms with E-state index in [4.69, 9.17) is 9.40 Å². The average Bonchev–Trinajstić information content (AvgIpc) is 3.06. The van der Waals surface area contributed by atoms with Crippen LogP contribution in [-0.4, -0.2) is 4.98 Å². The smallest absolute Gasteiger partial charge is 0.227 e. The number of hydrogen-bond donors (Lipinski definition) is 0. The molecular formula is C21H12BrNO. The Morgan fingerprint density at radius 2 is 1.58 bits per heavy atom. The molecule has 0 saturated carbocycles. The molecule has 5 aromatic rings. The average molecular weight is 374 g/mol. The summed E-state index contributed by atoms with van der Waals surface area (Å²) in [5, 5.41) is 4.71. The van der Waals surface area contributed by atoms with Gasteiger partial charge in [0.15, 0.2) is 5.58 Å². The highest BCUT2D eigenvalue weighted by atomic mass is 79.9. The van der Waals surface area contributed by atoms with Crippen LogP contribution >= 0.6 is 15.9 Å². The number of hydrogen-bond acceptors (Lipinski definition) is 2. The van der Waals surface area contributed by atoms with Gasteiger partial charge in [-0.15, -0.1) is 0 Å². The third-order valence-electron chi connectivity index (χ3n) is 4.35. The van der Waals surface area contributed by atoms with Gasteiger partial charge in [0.25, 0.3) is 0 Å². The fraction of sp³-hybridized carbons (Fsp3) is 0. The third kappa shape index (κ3) is 1.98. The summed E-state index contributed by atoms with van der Waals surface area (Å²) in [7, 11) is 0. The van der Waals surface area contributed by atoms with Crippen LogP contribution in [0.3, 0.4) is 0 Å². The number of halogens is 1. The highest BCUT2D eigenvalue weighted by Crippen LogP contribution is 2.38. The first-order valence-electron chi connectivity index (χ1n) is 7.77. The molecule has 0 spiro atoms. The Morgan fingerprint density at radius 3 is 2.46 bits per heavy atom. The molecule has 0 atom stereocenters. The van der Waals surface area contributed by atoms with Crippen LogP contribution in [-0.2, 0) is 0 Å². The SMILES string of the molecule is Brc1cc2oc(-c3ccccc3)nc2c2ccc3ccccc3c12. The topological polar surface area (TPSA) is 26.0 Å². The van der Waals surface area contributed by atoms with Crippen LogP contribution in [0.25, 0.3) is 44.1 Å². The van der Waals surface area contributed by atoms with Gasteiger partial charge in [-0.05, 0) is 44.9 Å². The molecule has 1 heterocycles. The molecule has 0 unspecified atom stereocenters. The summed E-state index contributed by atoms with van der Waals surface area (Å²) in [6.07, 6.45) is 0. The highest BCUT2D eigenvalue weighted by Gasteiger charge is 2.14. The Balaban J connectivity index is 1.90. The maximum absolute atomic E-state index is 6.01. The van der Waals surface area contributed by atoms with Crippen molar-refractivity contribution in [2.24, 2.45) is 0 Å². The molecule has 3 heteroatoms. The zero-order valence-electron chi connectivity index (χ0n) is 12.7. The molecule has 4 aromatic carbocycles. The lowest BCUT2D eigenvalue weighted by Gasteiger charge is -2.06. The first-order chi connectivity index (χ1) is 11.8. The minimum Gasteiger partial charge on any atom is -0.436 e. The van der Waals surface area contributed by atoms with Gasteiger partial charge in [0.1, 0.15) is 5.52 Å². The van der Waals surface area contributed by atoms with E-state index in [2.05, 4.69) is 52.3 Å². The van der Waals surface area contributed by atoms with E-state index in [9.17, 15) is 0 Å². The maximum Gasteiger partial charge on any atom is 0.227 e. The lowest BCUT2D eigenvalue weighted by Crippen LogP contribution is -1.82. The Bertz CT molecular complexity index is 1210. The molecule has 2 nitrogen and oxygen atoms in total. The number of aromatic nitrogens is 1. The number of oxazole rings is 1. The van der Waals surface area contributed by atoms with Gasteiger partial charge in [-0.1, -0.05) is 54.6 Å². The molecule has 114 valence electrons. The minimum atomic E-state index is 0.651. The first-order valence-corrected chi connectivity index (χ1v) is 8.56. The van der Waals surface area contributed by atoms with Gasteiger partial charge in [-0.3, -0.25) is 0 Å². The monoisotopic (exact) mass is 373 g/mol. The molecule has 0 N–H and O–H groups in total. The summed E-state index contributed by atoms with van der Waals surface area (Å²) >= 11 is 3.72. The second-order valence-electron chi connectivity index (χ2n) is 5.80. The molecule has 0 fully saturated rings. The van der Waals surface area contributed by atoms with Gasteiger partial charge in [0, 0.05) is 20.8 Å². The lowest BCUT2D eigenvalue weighted by molar-refractivity contribution is 0.620. The van der Waals surface area contributed by atoms with Crippen LogP contribution in [0.1, 0.15) is 0 Å². The first kappa shape index (κ1) is 13.8. The highest BCUT2D eigenvalue weighted by molar-refractivity contribution is 9.10. The van der Waals surface area contributed by atoms with E-state index in [0.29, 0.717) is 5.89 Å². The predicted molar refractivity (Wildman–Crippen MR) is 102 cm³/mol. The van der Waals surface area contributed by atoms with Gasteiger partial charge >= 0.3 is 0 Å². The largest absolute Gasteiger partial charge is 0.436 e. The van der Waals surface area contributed by atoms with Gasteiger partial charge in [-0.25, -0.2) is 4.98 Å². The summed E-state index contributed by atoms with van der Waals surface area (Å²) in [5.74, 6) is 0.651. The van der Waals surface area contributed by atoms with E-state index in [1.807, 2.05) is 36.4 Å². The summed E-state index contributed by atoms with van der Waals surface area (Å²) in [5.41, 5.74) is 2.68. The minimum absolute atomic E-state index is 0.651. The Hall–Kier alpha value is -2.65. The maximum atomic E-state index is 6.01. The van der Waals surface area contributed by atoms with Crippen molar-refractivity contribution in [1.82, 2.24) is 4.98 Å². The van der Waals surface area contributed by atoms with Crippen molar-refractivity contribution in [2.45, 2.75) is 0 Å².